The Balaban J connectivity index is 2.03. The predicted molar refractivity (Wildman–Crippen MR) is 111 cm³/mol. The fourth-order valence-electron chi connectivity index (χ4n) is 2.62. The summed E-state index contributed by atoms with van der Waals surface area (Å²) in [6, 6.07) is 14.3. The van der Waals surface area contributed by atoms with E-state index in [0.29, 0.717) is 5.69 Å². The van der Waals surface area contributed by atoms with Crippen LogP contribution in [-0.2, 0) is 19.6 Å². The van der Waals surface area contributed by atoms with Crippen molar-refractivity contribution in [3.8, 4) is 0 Å². The van der Waals surface area contributed by atoms with Crippen molar-refractivity contribution in [1.82, 2.24) is 4.72 Å². The Morgan fingerprint density at radius 3 is 2.28 bits per heavy atom. The van der Waals surface area contributed by atoms with Gasteiger partial charge in [-0.3, -0.25) is 4.79 Å². The van der Waals surface area contributed by atoms with Gasteiger partial charge >= 0.3 is 5.97 Å². The van der Waals surface area contributed by atoms with Crippen LogP contribution in [0.4, 0.5) is 5.69 Å². The topological polar surface area (TPSA) is 92.8 Å². The molecule has 1 N–H and O–H groups in total. The molecule has 2 rings (SSSR count). The standard InChI is InChI=1S/C21H24N2O5S/c1-4-14-22-29(26,27)19-12-10-17(11-13-19)21(25)28-15-20(24)23(16(2)3)18-8-6-5-7-9-18/h4-13,16,22H,1,14-15H2,2-3H3. The van der Waals surface area contributed by atoms with E-state index in [0.717, 1.165) is 0 Å². The van der Waals surface area contributed by atoms with Gasteiger partial charge in [-0.2, -0.15) is 0 Å². The molecule has 0 fully saturated rings. The summed E-state index contributed by atoms with van der Waals surface area (Å²) in [5, 5.41) is 0. The van der Waals surface area contributed by atoms with E-state index in [4.69, 9.17) is 4.74 Å². The molecule has 1 amide bonds. The molecule has 0 aromatic heterocycles. The van der Waals surface area contributed by atoms with Gasteiger partial charge in [0.25, 0.3) is 5.91 Å². The minimum absolute atomic E-state index is 0.0158. The molecule has 2 aromatic rings. The fraction of sp³-hybridized carbons (Fsp3) is 0.238. The Morgan fingerprint density at radius 2 is 1.72 bits per heavy atom. The largest absolute Gasteiger partial charge is 0.452 e. The molecular weight excluding hydrogens is 392 g/mol. The summed E-state index contributed by atoms with van der Waals surface area (Å²) in [4.78, 5) is 26.4. The average molecular weight is 416 g/mol. The van der Waals surface area contributed by atoms with E-state index in [-0.39, 0.29) is 29.0 Å². The first-order valence-electron chi connectivity index (χ1n) is 9.01. The Hall–Kier alpha value is -2.97. The highest BCUT2D eigenvalue weighted by Crippen LogP contribution is 2.17. The van der Waals surface area contributed by atoms with Gasteiger partial charge in [-0.1, -0.05) is 24.3 Å². The zero-order chi connectivity index (χ0) is 21.4. The summed E-state index contributed by atoms with van der Waals surface area (Å²) in [6.07, 6.45) is 1.43. The second-order valence-electron chi connectivity index (χ2n) is 6.43. The highest BCUT2D eigenvalue weighted by molar-refractivity contribution is 7.89. The number of nitrogens with zero attached hydrogens (tertiary/aromatic N) is 1. The van der Waals surface area contributed by atoms with Crippen LogP contribution >= 0.6 is 0 Å². The van der Waals surface area contributed by atoms with Gasteiger partial charge < -0.3 is 9.64 Å². The lowest BCUT2D eigenvalue weighted by molar-refractivity contribution is -0.122. The smallest absolute Gasteiger partial charge is 0.338 e. The van der Waals surface area contributed by atoms with Crippen LogP contribution in [0.25, 0.3) is 0 Å². The highest BCUT2D eigenvalue weighted by Gasteiger charge is 2.21. The van der Waals surface area contributed by atoms with Crippen molar-refractivity contribution in [1.29, 1.82) is 0 Å². The van der Waals surface area contributed by atoms with Gasteiger partial charge in [0.15, 0.2) is 6.61 Å². The Bertz CT molecular complexity index is 954. The van der Waals surface area contributed by atoms with Crippen LogP contribution in [0.1, 0.15) is 24.2 Å². The molecule has 7 nitrogen and oxygen atoms in total. The number of esters is 1. The number of amides is 1. The molecule has 0 saturated heterocycles. The normalized spacial score (nSPS) is 11.1. The minimum Gasteiger partial charge on any atom is -0.452 e. The summed E-state index contributed by atoms with van der Waals surface area (Å²) >= 11 is 0. The van der Waals surface area contributed by atoms with Crippen LogP contribution in [0.15, 0.2) is 72.1 Å². The predicted octanol–water partition coefficient (Wildman–Crippen LogP) is 2.75. The van der Waals surface area contributed by atoms with Gasteiger partial charge in [-0.05, 0) is 50.2 Å². The van der Waals surface area contributed by atoms with Crippen LogP contribution in [0.3, 0.4) is 0 Å². The third-order valence-electron chi connectivity index (χ3n) is 3.96. The summed E-state index contributed by atoms with van der Waals surface area (Å²) in [5.41, 5.74) is 0.862. The maximum Gasteiger partial charge on any atom is 0.338 e. The third kappa shape index (κ3) is 6.00. The number of nitrogens with one attached hydrogen (secondary N) is 1. The lowest BCUT2D eigenvalue weighted by atomic mass is 10.2. The van der Waals surface area contributed by atoms with E-state index in [9.17, 15) is 18.0 Å². The minimum atomic E-state index is -3.68. The second kappa shape index (κ2) is 9.99. The molecule has 0 spiro atoms. The highest BCUT2D eigenvalue weighted by atomic mass is 32.2. The van der Waals surface area contributed by atoms with Crippen molar-refractivity contribution in [3.63, 3.8) is 0 Å². The van der Waals surface area contributed by atoms with Gasteiger partial charge in [0.05, 0.1) is 10.5 Å². The second-order valence-corrected chi connectivity index (χ2v) is 8.20. The van der Waals surface area contributed by atoms with Crippen molar-refractivity contribution in [3.05, 3.63) is 72.8 Å². The maximum absolute atomic E-state index is 12.6. The van der Waals surface area contributed by atoms with Gasteiger partial charge in [-0.25, -0.2) is 17.9 Å². The molecule has 0 aliphatic rings. The maximum atomic E-state index is 12.6. The number of anilines is 1. The zero-order valence-corrected chi connectivity index (χ0v) is 17.2. The Kier molecular flexibility index (Phi) is 7.69. The first kappa shape index (κ1) is 22.3. The molecule has 0 aliphatic heterocycles. The number of rotatable bonds is 9. The van der Waals surface area contributed by atoms with Crippen LogP contribution in [0.5, 0.6) is 0 Å². The quantitative estimate of drug-likeness (QED) is 0.501. The average Bonchev–Trinajstić information content (AvgIpc) is 2.71. The fourth-order valence-corrected chi connectivity index (χ4v) is 3.62. The number of sulfonamides is 1. The van der Waals surface area contributed by atoms with Crippen molar-refractivity contribution in [2.75, 3.05) is 18.1 Å². The molecule has 0 unspecified atom stereocenters. The van der Waals surface area contributed by atoms with Gasteiger partial charge in [0, 0.05) is 18.3 Å². The number of benzene rings is 2. The van der Waals surface area contributed by atoms with Crippen molar-refractivity contribution in [2.24, 2.45) is 0 Å². The Labute approximate surface area is 171 Å². The van der Waals surface area contributed by atoms with E-state index < -0.39 is 22.6 Å². The number of hydrogen-bond acceptors (Lipinski definition) is 5. The molecule has 0 atom stereocenters. The van der Waals surface area contributed by atoms with Crippen LogP contribution in [-0.4, -0.2) is 39.5 Å². The number of ether oxygens (including phenoxy) is 1. The summed E-state index contributed by atoms with van der Waals surface area (Å²) in [7, 11) is -3.68. The molecule has 154 valence electrons. The van der Waals surface area contributed by atoms with E-state index in [1.807, 2.05) is 32.0 Å². The first-order chi connectivity index (χ1) is 13.8. The Morgan fingerprint density at radius 1 is 1.10 bits per heavy atom. The molecule has 29 heavy (non-hydrogen) atoms. The summed E-state index contributed by atoms with van der Waals surface area (Å²) in [5.74, 6) is -1.06. The molecule has 2 aromatic carbocycles. The lowest BCUT2D eigenvalue weighted by Crippen LogP contribution is -2.39. The number of hydrogen-bond donors (Lipinski definition) is 1. The van der Waals surface area contributed by atoms with Gasteiger partial charge in [0.2, 0.25) is 10.0 Å². The molecule has 0 bridgehead atoms. The van der Waals surface area contributed by atoms with Crippen LogP contribution in [0, 0.1) is 0 Å². The van der Waals surface area contributed by atoms with E-state index in [1.165, 1.54) is 30.3 Å². The molecule has 8 heteroatoms. The number of carbonyl (C=O) groups is 2. The van der Waals surface area contributed by atoms with Crippen molar-refractivity contribution >= 4 is 27.6 Å². The molecule has 0 radical (unpaired) electrons. The molecule has 0 saturated carbocycles. The zero-order valence-electron chi connectivity index (χ0n) is 16.4. The van der Waals surface area contributed by atoms with Crippen LogP contribution < -0.4 is 9.62 Å². The molecule has 0 aliphatic carbocycles. The van der Waals surface area contributed by atoms with E-state index in [2.05, 4.69) is 11.3 Å². The van der Waals surface area contributed by atoms with Gasteiger partial charge in [0.1, 0.15) is 0 Å². The number of para-hydroxylation sites is 1. The van der Waals surface area contributed by atoms with Crippen LogP contribution in [0.2, 0.25) is 0 Å². The van der Waals surface area contributed by atoms with Gasteiger partial charge in [-0.15, -0.1) is 6.58 Å². The first-order valence-corrected chi connectivity index (χ1v) is 10.5. The molecule has 0 heterocycles. The monoisotopic (exact) mass is 416 g/mol. The van der Waals surface area contributed by atoms with Crippen molar-refractivity contribution < 1.29 is 22.7 Å². The SMILES string of the molecule is C=CCNS(=O)(=O)c1ccc(C(=O)OCC(=O)N(c2ccccc2)C(C)C)cc1. The lowest BCUT2D eigenvalue weighted by Gasteiger charge is -2.26. The van der Waals surface area contributed by atoms with Crippen molar-refractivity contribution in [2.45, 2.75) is 24.8 Å². The summed E-state index contributed by atoms with van der Waals surface area (Å²) in [6.45, 7) is 6.86. The van der Waals surface area contributed by atoms with E-state index in [1.54, 1.807) is 17.0 Å². The molecular formula is C21H24N2O5S. The summed E-state index contributed by atoms with van der Waals surface area (Å²) < 4.78 is 31.5. The number of carbonyl (C=O) groups excluding carboxylic acids is 2. The third-order valence-corrected chi connectivity index (χ3v) is 5.40. The van der Waals surface area contributed by atoms with E-state index >= 15 is 0 Å².